The van der Waals surface area contributed by atoms with E-state index in [0.29, 0.717) is 0 Å². The number of aliphatic hydroxyl groups excluding tert-OH is 3. The predicted octanol–water partition coefficient (Wildman–Crippen LogP) is 1.08. The zero-order valence-electron chi connectivity index (χ0n) is 16.2. The lowest BCUT2D eigenvalue weighted by Gasteiger charge is -2.17. The fraction of sp³-hybridized carbons (Fsp3) is 0.300. The Bertz CT molecular complexity index is 930. The molecular formula is C20H22O10. The number of hydrogen-bond donors (Lipinski definition) is 6. The molecule has 2 rings (SSSR count). The smallest absolute Gasteiger partial charge is 0.342 e. The first-order valence-corrected chi connectivity index (χ1v) is 8.77. The third-order valence-corrected chi connectivity index (χ3v) is 4.23. The van der Waals surface area contributed by atoms with Crippen LogP contribution in [0.3, 0.4) is 0 Å². The molecule has 10 heteroatoms. The number of carboxylic acids is 1. The summed E-state index contributed by atoms with van der Waals surface area (Å²) < 4.78 is 10.4. The van der Waals surface area contributed by atoms with Crippen LogP contribution in [0.2, 0.25) is 0 Å². The number of rotatable bonds is 8. The highest BCUT2D eigenvalue weighted by Crippen LogP contribution is 2.35. The van der Waals surface area contributed by atoms with Crippen molar-refractivity contribution in [2.24, 2.45) is 0 Å². The summed E-state index contributed by atoms with van der Waals surface area (Å²) in [6, 6.07) is 4.78. The Balaban J connectivity index is 2.27. The Labute approximate surface area is 171 Å². The van der Waals surface area contributed by atoms with Crippen LogP contribution in [0.15, 0.2) is 24.3 Å². The lowest BCUT2D eigenvalue weighted by atomic mass is 10.1. The molecule has 0 aromatic heterocycles. The summed E-state index contributed by atoms with van der Waals surface area (Å²) >= 11 is 0. The molecule has 0 heterocycles. The Kier molecular flexibility index (Phi) is 7.22. The van der Waals surface area contributed by atoms with Crippen LogP contribution >= 0.6 is 0 Å². The average molecular weight is 422 g/mol. The number of aryl methyl sites for hydroxylation is 2. The molecule has 0 aliphatic carbocycles. The maximum Gasteiger partial charge on any atom is 0.342 e. The van der Waals surface area contributed by atoms with Gasteiger partial charge in [0.1, 0.15) is 52.9 Å². The molecule has 2 aromatic carbocycles. The first kappa shape index (κ1) is 22.9. The summed E-state index contributed by atoms with van der Waals surface area (Å²) in [5, 5.41) is 56.9. The summed E-state index contributed by atoms with van der Waals surface area (Å²) in [6.45, 7) is 1.62. The van der Waals surface area contributed by atoms with Gasteiger partial charge in [-0.1, -0.05) is 0 Å². The van der Waals surface area contributed by atoms with Crippen LogP contribution < -0.4 is 4.74 Å². The van der Waals surface area contributed by atoms with Crippen LogP contribution in [0.5, 0.6) is 23.0 Å². The molecule has 0 saturated heterocycles. The van der Waals surface area contributed by atoms with Gasteiger partial charge >= 0.3 is 11.9 Å². The van der Waals surface area contributed by atoms with Gasteiger partial charge in [-0.05, 0) is 37.1 Å². The van der Waals surface area contributed by atoms with Crippen LogP contribution in [0.4, 0.5) is 0 Å². The monoisotopic (exact) mass is 422 g/mol. The SMILES string of the molecule is Cc1cc(Oc2cc(O)cc(C)c2C(=O)O)cc(O)c1C(=O)OCC(O)C(O)CO. The molecule has 6 N–H and O–H groups in total. The standard InChI is InChI=1S/C20H22O10/c1-9-3-11(22)5-16(18(9)19(26)27)30-12-4-10(2)17(13(23)6-12)20(28)29-8-15(25)14(24)7-21/h3-6,14-15,21-25H,7-8H2,1-2H3,(H,26,27). The summed E-state index contributed by atoms with van der Waals surface area (Å²) in [6.07, 6.45) is -3.00. The van der Waals surface area contributed by atoms with E-state index in [1.807, 2.05) is 0 Å². The number of carbonyl (C=O) groups excluding carboxylic acids is 1. The van der Waals surface area contributed by atoms with Crippen LogP contribution in [-0.2, 0) is 4.74 Å². The minimum Gasteiger partial charge on any atom is -0.508 e. The Morgan fingerprint density at radius 2 is 1.60 bits per heavy atom. The summed E-state index contributed by atoms with van der Waals surface area (Å²) in [5.74, 6) is -3.15. The van der Waals surface area contributed by atoms with E-state index in [-0.39, 0.29) is 39.5 Å². The van der Waals surface area contributed by atoms with E-state index in [2.05, 4.69) is 0 Å². The number of hydrogen-bond acceptors (Lipinski definition) is 9. The van der Waals surface area contributed by atoms with E-state index in [1.54, 1.807) is 0 Å². The molecule has 0 spiro atoms. The van der Waals surface area contributed by atoms with Crippen molar-refractivity contribution in [2.75, 3.05) is 13.2 Å². The second-order valence-corrected chi connectivity index (χ2v) is 6.59. The fourth-order valence-electron chi connectivity index (χ4n) is 2.74. The minimum atomic E-state index is -1.51. The quantitative estimate of drug-likeness (QED) is 0.338. The highest BCUT2D eigenvalue weighted by atomic mass is 16.5. The molecule has 0 aliphatic heterocycles. The second kappa shape index (κ2) is 9.44. The Morgan fingerprint density at radius 1 is 0.967 bits per heavy atom. The maximum atomic E-state index is 12.2. The molecule has 2 unspecified atom stereocenters. The van der Waals surface area contributed by atoms with Gasteiger partial charge in [0.15, 0.2) is 0 Å². The molecule has 0 saturated carbocycles. The number of aromatic carboxylic acids is 1. The number of phenolic OH excluding ortho intramolecular Hbond substituents is 2. The van der Waals surface area contributed by atoms with E-state index in [9.17, 15) is 35.1 Å². The molecule has 30 heavy (non-hydrogen) atoms. The Hall–Kier alpha value is -3.34. The molecule has 0 radical (unpaired) electrons. The molecule has 0 aliphatic rings. The van der Waals surface area contributed by atoms with Crippen molar-refractivity contribution in [3.63, 3.8) is 0 Å². The number of aliphatic hydroxyl groups is 3. The van der Waals surface area contributed by atoms with Gasteiger partial charge in [0.2, 0.25) is 0 Å². The zero-order valence-corrected chi connectivity index (χ0v) is 16.2. The maximum absolute atomic E-state index is 12.2. The van der Waals surface area contributed by atoms with Gasteiger partial charge in [0.25, 0.3) is 0 Å². The van der Waals surface area contributed by atoms with Gasteiger partial charge in [-0.25, -0.2) is 9.59 Å². The molecule has 0 bridgehead atoms. The highest BCUT2D eigenvalue weighted by Gasteiger charge is 2.23. The topological polar surface area (TPSA) is 174 Å². The first-order chi connectivity index (χ1) is 14.0. The van der Waals surface area contributed by atoms with Crippen molar-refractivity contribution in [2.45, 2.75) is 26.1 Å². The molecule has 0 fully saturated rings. The Morgan fingerprint density at radius 3 is 2.17 bits per heavy atom. The van der Waals surface area contributed by atoms with Crippen LogP contribution in [-0.4, -0.2) is 68.0 Å². The normalized spacial score (nSPS) is 12.8. The van der Waals surface area contributed by atoms with Crippen molar-refractivity contribution in [3.8, 4) is 23.0 Å². The van der Waals surface area contributed by atoms with E-state index >= 15 is 0 Å². The van der Waals surface area contributed by atoms with Crippen molar-refractivity contribution >= 4 is 11.9 Å². The van der Waals surface area contributed by atoms with Gasteiger partial charge in [-0.3, -0.25) is 0 Å². The van der Waals surface area contributed by atoms with Gasteiger partial charge in [-0.2, -0.15) is 0 Å². The number of ether oxygens (including phenoxy) is 2. The largest absolute Gasteiger partial charge is 0.508 e. The fourth-order valence-corrected chi connectivity index (χ4v) is 2.74. The number of phenols is 2. The zero-order chi connectivity index (χ0) is 22.6. The van der Waals surface area contributed by atoms with E-state index in [0.717, 1.165) is 12.1 Å². The van der Waals surface area contributed by atoms with Gasteiger partial charge < -0.3 is 40.1 Å². The second-order valence-electron chi connectivity index (χ2n) is 6.59. The summed E-state index contributed by atoms with van der Waals surface area (Å²) in [7, 11) is 0. The number of carboxylic acid groups (broad SMARTS) is 1. The third kappa shape index (κ3) is 5.17. The van der Waals surface area contributed by atoms with E-state index in [4.69, 9.17) is 14.6 Å². The van der Waals surface area contributed by atoms with Gasteiger partial charge in [-0.15, -0.1) is 0 Å². The molecule has 2 aromatic rings. The minimum absolute atomic E-state index is 0.00443. The highest BCUT2D eigenvalue weighted by molar-refractivity contribution is 5.95. The molecule has 2 atom stereocenters. The summed E-state index contributed by atoms with van der Waals surface area (Å²) in [4.78, 5) is 23.7. The van der Waals surface area contributed by atoms with Crippen LogP contribution in [0.25, 0.3) is 0 Å². The lowest BCUT2D eigenvalue weighted by Crippen LogP contribution is -2.34. The predicted molar refractivity (Wildman–Crippen MR) is 102 cm³/mol. The number of aromatic hydroxyl groups is 2. The van der Waals surface area contributed by atoms with E-state index < -0.39 is 43.1 Å². The van der Waals surface area contributed by atoms with Gasteiger partial charge in [0.05, 0.1) is 6.61 Å². The number of carbonyl (C=O) groups is 2. The lowest BCUT2D eigenvalue weighted by molar-refractivity contribution is -0.0468. The van der Waals surface area contributed by atoms with Crippen molar-refractivity contribution < 1.29 is 49.7 Å². The molecular weight excluding hydrogens is 400 g/mol. The van der Waals surface area contributed by atoms with Crippen molar-refractivity contribution in [1.29, 1.82) is 0 Å². The molecule has 0 amide bonds. The molecule has 162 valence electrons. The summed E-state index contributed by atoms with van der Waals surface area (Å²) in [5.41, 5.74) is 0.0895. The van der Waals surface area contributed by atoms with E-state index in [1.165, 1.54) is 26.0 Å². The van der Waals surface area contributed by atoms with Crippen molar-refractivity contribution in [1.82, 2.24) is 0 Å². The van der Waals surface area contributed by atoms with Gasteiger partial charge in [0, 0.05) is 12.1 Å². The van der Waals surface area contributed by atoms with Crippen molar-refractivity contribution in [3.05, 3.63) is 46.5 Å². The third-order valence-electron chi connectivity index (χ3n) is 4.23. The van der Waals surface area contributed by atoms with Crippen LogP contribution in [0.1, 0.15) is 31.8 Å². The van der Waals surface area contributed by atoms with Crippen LogP contribution in [0, 0.1) is 13.8 Å². The number of esters is 1. The molecule has 10 nitrogen and oxygen atoms in total. The first-order valence-electron chi connectivity index (χ1n) is 8.77. The average Bonchev–Trinajstić information content (AvgIpc) is 2.63. The number of benzene rings is 2.